The lowest BCUT2D eigenvalue weighted by Crippen LogP contribution is -2.45. The molecule has 0 unspecified atom stereocenters. The third kappa shape index (κ3) is 5.64. The molecule has 6 nitrogen and oxygen atoms in total. The van der Waals surface area contributed by atoms with Crippen LogP contribution in [0.15, 0.2) is 24.3 Å². The lowest BCUT2D eigenvalue weighted by molar-refractivity contribution is -0.120. The van der Waals surface area contributed by atoms with E-state index in [2.05, 4.69) is 10.6 Å². The summed E-state index contributed by atoms with van der Waals surface area (Å²) < 4.78 is 0. The third-order valence-electron chi connectivity index (χ3n) is 2.80. The number of nitrogens with one attached hydrogen (secondary N) is 2. The molecule has 0 spiro atoms. The van der Waals surface area contributed by atoms with Crippen molar-refractivity contribution < 1.29 is 14.4 Å². The van der Waals surface area contributed by atoms with Gasteiger partial charge in [-0.2, -0.15) is 0 Å². The maximum atomic E-state index is 12.1. The van der Waals surface area contributed by atoms with E-state index in [4.69, 9.17) is 5.73 Å². The topological polar surface area (TPSA) is 101 Å². The van der Waals surface area contributed by atoms with E-state index in [1.165, 1.54) is 6.92 Å². The SMILES string of the molecule is CC(=O)Nc1cccc(C(=O)N[C@H](CC(C)C)C(N)=O)c1. The van der Waals surface area contributed by atoms with Crippen LogP contribution < -0.4 is 16.4 Å². The van der Waals surface area contributed by atoms with Crippen LogP contribution in [-0.4, -0.2) is 23.8 Å². The fourth-order valence-electron chi connectivity index (χ4n) is 1.90. The highest BCUT2D eigenvalue weighted by Gasteiger charge is 2.20. The minimum Gasteiger partial charge on any atom is -0.368 e. The monoisotopic (exact) mass is 291 g/mol. The lowest BCUT2D eigenvalue weighted by Gasteiger charge is -2.17. The Hall–Kier alpha value is -2.37. The Bertz CT molecular complexity index is 541. The molecule has 3 amide bonds. The molecule has 0 bridgehead atoms. The Kier molecular flexibility index (Phi) is 5.90. The van der Waals surface area contributed by atoms with Gasteiger partial charge in [-0.1, -0.05) is 19.9 Å². The van der Waals surface area contributed by atoms with Gasteiger partial charge in [0.05, 0.1) is 0 Å². The number of rotatable bonds is 6. The van der Waals surface area contributed by atoms with Crippen molar-refractivity contribution in [3.8, 4) is 0 Å². The molecule has 0 aliphatic heterocycles. The number of carbonyl (C=O) groups is 3. The molecule has 1 atom stereocenters. The largest absolute Gasteiger partial charge is 0.368 e. The third-order valence-corrected chi connectivity index (χ3v) is 2.80. The van der Waals surface area contributed by atoms with Gasteiger partial charge in [0.15, 0.2) is 0 Å². The summed E-state index contributed by atoms with van der Waals surface area (Å²) in [7, 11) is 0. The number of primary amides is 1. The predicted octanol–water partition coefficient (Wildman–Crippen LogP) is 1.27. The summed E-state index contributed by atoms with van der Waals surface area (Å²) in [6.07, 6.45) is 0.479. The second kappa shape index (κ2) is 7.42. The van der Waals surface area contributed by atoms with Gasteiger partial charge in [-0.25, -0.2) is 0 Å². The van der Waals surface area contributed by atoms with Gasteiger partial charge in [0.2, 0.25) is 11.8 Å². The first-order valence-corrected chi connectivity index (χ1v) is 6.77. The predicted molar refractivity (Wildman–Crippen MR) is 80.6 cm³/mol. The van der Waals surface area contributed by atoms with Gasteiger partial charge in [0, 0.05) is 18.2 Å². The summed E-state index contributed by atoms with van der Waals surface area (Å²) >= 11 is 0. The molecule has 6 heteroatoms. The highest BCUT2D eigenvalue weighted by molar-refractivity contribution is 5.99. The summed E-state index contributed by atoms with van der Waals surface area (Å²) in [5, 5.41) is 5.22. The number of amides is 3. The van der Waals surface area contributed by atoms with Gasteiger partial charge in [-0.15, -0.1) is 0 Å². The normalized spacial score (nSPS) is 11.8. The maximum absolute atomic E-state index is 12.1. The second-order valence-electron chi connectivity index (χ2n) is 5.32. The molecule has 0 aromatic heterocycles. The van der Waals surface area contributed by atoms with Crippen LogP contribution in [0.2, 0.25) is 0 Å². The zero-order valence-electron chi connectivity index (χ0n) is 12.5. The minimum absolute atomic E-state index is 0.220. The molecule has 114 valence electrons. The molecular formula is C15H21N3O3. The molecule has 1 aromatic carbocycles. The van der Waals surface area contributed by atoms with Crippen molar-refractivity contribution in [2.45, 2.75) is 33.2 Å². The minimum atomic E-state index is -0.707. The average molecular weight is 291 g/mol. The molecule has 0 saturated heterocycles. The molecule has 0 heterocycles. The van der Waals surface area contributed by atoms with Crippen LogP contribution in [0.5, 0.6) is 0 Å². The zero-order chi connectivity index (χ0) is 16.0. The van der Waals surface area contributed by atoms with Crippen LogP contribution in [0.25, 0.3) is 0 Å². The van der Waals surface area contributed by atoms with E-state index in [1.807, 2.05) is 13.8 Å². The van der Waals surface area contributed by atoms with E-state index >= 15 is 0 Å². The van der Waals surface area contributed by atoms with Gasteiger partial charge >= 0.3 is 0 Å². The van der Waals surface area contributed by atoms with Gasteiger partial charge in [0.1, 0.15) is 6.04 Å². The Morgan fingerprint density at radius 1 is 1.24 bits per heavy atom. The smallest absolute Gasteiger partial charge is 0.252 e. The Morgan fingerprint density at radius 2 is 1.90 bits per heavy atom. The van der Waals surface area contributed by atoms with Crippen molar-refractivity contribution in [2.75, 3.05) is 5.32 Å². The van der Waals surface area contributed by atoms with Gasteiger partial charge < -0.3 is 16.4 Å². The Balaban J connectivity index is 2.82. The highest BCUT2D eigenvalue weighted by atomic mass is 16.2. The standard InChI is InChI=1S/C15H21N3O3/c1-9(2)7-13(14(16)20)18-15(21)11-5-4-6-12(8-11)17-10(3)19/h4-6,8-9,13H,7H2,1-3H3,(H2,16,20)(H,17,19)(H,18,21)/t13-/m1/s1. The van der Waals surface area contributed by atoms with E-state index in [1.54, 1.807) is 24.3 Å². The number of carbonyl (C=O) groups excluding carboxylic acids is 3. The number of nitrogens with two attached hydrogens (primary N) is 1. The van der Waals surface area contributed by atoms with Crippen molar-refractivity contribution in [2.24, 2.45) is 11.7 Å². The summed E-state index contributed by atoms with van der Waals surface area (Å²) in [6.45, 7) is 5.28. The Morgan fingerprint density at radius 3 is 2.43 bits per heavy atom. The number of anilines is 1. The Labute approximate surface area is 124 Å². The lowest BCUT2D eigenvalue weighted by atomic mass is 10.0. The summed E-state index contributed by atoms with van der Waals surface area (Å²) in [5.74, 6) is -0.947. The quantitative estimate of drug-likeness (QED) is 0.735. The van der Waals surface area contributed by atoms with E-state index in [0.29, 0.717) is 17.7 Å². The second-order valence-corrected chi connectivity index (χ2v) is 5.32. The van der Waals surface area contributed by atoms with Crippen LogP contribution in [0.1, 0.15) is 37.6 Å². The van der Waals surface area contributed by atoms with Crippen LogP contribution in [0.3, 0.4) is 0 Å². The number of hydrogen-bond donors (Lipinski definition) is 3. The van der Waals surface area contributed by atoms with Crippen molar-refractivity contribution in [3.63, 3.8) is 0 Å². The summed E-state index contributed by atoms with van der Waals surface area (Å²) in [4.78, 5) is 34.5. The first kappa shape index (κ1) is 16.7. The van der Waals surface area contributed by atoms with Crippen molar-refractivity contribution in [1.82, 2.24) is 5.32 Å². The van der Waals surface area contributed by atoms with Gasteiger partial charge in [0.25, 0.3) is 5.91 Å². The highest BCUT2D eigenvalue weighted by Crippen LogP contribution is 2.12. The number of benzene rings is 1. The molecule has 1 aromatic rings. The van der Waals surface area contributed by atoms with Crippen LogP contribution in [0, 0.1) is 5.92 Å². The molecule has 0 fully saturated rings. The van der Waals surface area contributed by atoms with Crippen LogP contribution in [0.4, 0.5) is 5.69 Å². The fraction of sp³-hybridized carbons (Fsp3) is 0.400. The van der Waals surface area contributed by atoms with Crippen LogP contribution >= 0.6 is 0 Å². The van der Waals surface area contributed by atoms with Crippen LogP contribution in [-0.2, 0) is 9.59 Å². The number of hydrogen-bond acceptors (Lipinski definition) is 3. The maximum Gasteiger partial charge on any atom is 0.252 e. The molecule has 1 rings (SSSR count). The van der Waals surface area contributed by atoms with E-state index < -0.39 is 17.9 Å². The first-order valence-electron chi connectivity index (χ1n) is 6.77. The van der Waals surface area contributed by atoms with Gasteiger partial charge in [-0.05, 0) is 30.5 Å². The van der Waals surface area contributed by atoms with Crippen molar-refractivity contribution in [3.05, 3.63) is 29.8 Å². The average Bonchev–Trinajstić information content (AvgIpc) is 2.36. The molecule has 0 aliphatic carbocycles. The van der Waals surface area contributed by atoms with Gasteiger partial charge in [-0.3, -0.25) is 14.4 Å². The molecule has 21 heavy (non-hydrogen) atoms. The van der Waals surface area contributed by atoms with Crippen molar-refractivity contribution >= 4 is 23.4 Å². The fourth-order valence-corrected chi connectivity index (χ4v) is 1.90. The summed E-state index contributed by atoms with van der Waals surface area (Å²) in [6, 6.07) is 5.78. The molecule has 0 radical (unpaired) electrons. The summed E-state index contributed by atoms with van der Waals surface area (Å²) in [5.41, 5.74) is 6.18. The zero-order valence-corrected chi connectivity index (χ0v) is 12.5. The molecular weight excluding hydrogens is 270 g/mol. The van der Waals surface area contributed by atoms with E-state index in [0.717, 1.165) is 0 Å². The first-order chi connectivity index (χ1) is 9.79. The molecule has 0 saturated carbocycles. The van der Waals surface area contributed by atoms with E-state index in [-0.39, 0.29) is 11.8 Å². The molecule has 0 aliphatic rings. The van der Waals surface area contributed by atoms with E-state index in [9.17, 15) is 14.4 Å². The molecule has 4 N–H and O–H groups in total. The van der Waals surface area contributed by atoms with Crippen molar-refractivity contribution in [1.29, 1.82) is 0 Å².